The van der Waals surface area contributed by atoms with Crippen molar-refractivity contribution in [3.8, 4) is 11.5 Å². The molecule has 0 aliphatic carbocycles. The van der Waals surface area contributed by atoms with Crippen LogP contribution in [-0.4, -0.2) is 66.3 Å². The van der Waals surface area contributed by atoms with Crippen molar-refractivity contribution in [3.05, 3.63) is 47.2 Å². The molecule has 1 atom stereocenters. The summed E-state index contributed by atoms with van der Waals surface area (Å²) < 4.78 is 74.2. The Labute approximate surface area is 202 Å². The van der Waals surface area contributed by atoms with Gasteiger partial charge in [0.15, 0.2) is 23.4 Å². The second-order valence-electron chi connectivity index (χ2n) is 8.41. The molecule has 0 spiro atoms. The van der Waals surface area contributed by atoms with E-state index in [1.807, 2.05) is 0 Å². The van der Waals surface area contributed by atoms with Gasteiger partial charge in [-0.1, -0.05) is 11.6 Å². The van der Waals surface area contributed by atoms with Crippen LogP contribution in [0.5, 0.6) is 11.5 Å². The van der Waals surface area contributed by atoms with Gasteiger partial charge in [0.05, 0.1) is 44.1 Å². The summed E-state index contributed by atoms with van der Waals surface area (Å²) in [5, 5.41) is 2.45. The topological polar surface area (TPSA) is 68.7 Å². The molecular weight excluding hydrogens is 492 g/mol. The number of anilines is 2. The van der Waals surface area contributed by atoms with Crippen molar-refractivity contribution in [1.82, 2.24) is 14.9 Å². The average molecular weight is 513 g/mol. The van der Waals surface area contributed by atoms with Crippen LogP contribution in [-0.2, 0) is 4.74 Å². The van der Waals surface area contributed by atoms with E-state index in [0.717, 1.165) is 6.07 Å². The van der Waals surface area contributed by atoms with Gasteiger partial charge >= 0.3 is 0 Å². The zero-order valence-electron chi connectivity index (χ0n) is 18.5. The normalized spacial score (nSPS) is 20.5. The summed E-state index contributed by atoms with van der Waals surface area (Å²) in [6.07, 6.45) is -0.0253. The van der Waals surface area contributed by atoms with E-state index in [9.17, 15) is 17.6 Å². The monoisotopic (exact) mass is 512 g/mol. The minimum atomic E-state index is -3.10. The second kappa shape index (κ2) is 9.29. The van der Waals surface area contributed by atoms with Gasteiger partial charge in [-0.05, 0) is 18.2 Å². The first-order valence-electron chi connectivity index (χ1n) is 10.9. The smallest absolute Gasteiger partial charge is 0.296 e. The van der Waals surface area contributed by atoms with Crippen LogP contribution >= 0.6 is 11.6 Å². The molecule has 0 unspecified atom stereocenters. The predicted octanol–water partition coefficient (Wildman–Crippen LogP) is 4.80. The minimum absolute atomic E-state index is 0.00294. The standard InChI is InChI=1S/C23H21ClF4N4O3/c1-33-17-7-16-13(22(30-11-29-16)31-15-3-2-14(25)20(24)21(15)26)6-18(17)35-19-4-5-32(10-23(19,27)28)12-8-34-9-12/h2-3,6-7,11-12,19H,4-5,8-10H2,1H3,(H,29,30,31)/t19-/m1/s1. The fourth-order valence-corrected chi connectivity index (χ4v) is 4.32. The van der Waals surface area contributed by atoms with Gasteiger partial charge in [0, 0.05) is 24.4 Å². The van der Waals surface area contributed by atoms with E-state index in [-0.39, 0.29) is 35.5 Å². The highest BCUT2D eigenvalue weighted by molar-refractivity contribution is 6.31. The van der Waals surface area contributed by atoms with E-state index < -0.39 is 35.2 Å². The fourth-order valence-electron chi connectivity index (χ4n) is 4.16. The molecule has 0 amide bonds. The molecular formula is C23H21ClF4N4O3. The Morgan fingerprint density at radius 1 is 1.17 bits per heavy atom. The first kappa shape index (κ1) is 23.8. The van der Waals surface area contributed by atoms with E-state index in [4.69, 9.17) is 25.8 Å². The number of alkyl halides is 2. The number of ether oxygens (including phenoxy) is 3. The number of hydrogen-bond acceptors (Lipinski definition) is 7. The van der Waals surface area contributed by atoms with Crippen molar-refractivity contribution in [2.24, 2.45) is 0 Å². The van der Waals surface area contributed by atoms with E-state index >= 15 is 0 Å². The first-order valence-corrected chi connectivity index (χ1v) is 11.2. The van der Waals surface area contributed by atoms with E-state index in [2.05, 4.69) is 15.3 Å². The quantitative estimate of drug-likeness (QED) is 0.376. The van der Waals surface area contributed by atoms with Crippen LogP contribution in [0.1, 0.15) is 6.42 Å². The predicted molar refractivity (Wildman–Crippen MR) is 121 cm³/mol. The van der Waals surface area contributed by atoms with Crippen molar-refractivity contribution in [2.75, 3.05) is 38.7 Å². The molecule has 2 aliphatic rings. The van der Waals surface area contributed by atoms with Crippen molar-refractivity contribution in [1.29, 1.82) is 0 Å². The Balaban J connectivity index is 1.45. The SMILES string of the molecule is COc1cc2ncnc(Nc3ccc(F)c(Cl)c3F)c2cc1O[C@@H]1CCN(C2COC2)CC1(F)F. The van der Waals surface area contributed by atoms with Gasteiger partial charge in [-0.15, -0.1) is 0 Å². The van der Waals surface area contributed by atoms with E-state index in [1.165, 1.54) is 31.6 Å². The van der Waals surface area contributed by atoms with Gasteiger partial charge in [0.1, 0.15) is 23.0 Å². The number of nitrogens with zero attached hydrogens (tertiary/aromatic N) is 3. The molecule has 3 aromatic rings. The van der Waals surface area contributed by atoms with Gasteiger partial charge < -0.3 is 19.5 Å². The molecule has 35 heavy (non-hydrogen) atoms. The number of fused-ring (bicyclic) bond motifs is 1. The summed E-state index contributed by atoms with van der Waals surface area (Å²) in [7, 11) is 1.39. The maximum atomic E-state index is 15.0. The maximum Gasteiger partial charge on any atom is 0.296 e. The van der Waals surface area contributed by atoms with Crippen molar-refractivity contribution in [2.45, 2.75) is 24.5 Å². The Bertz CT molecular complexity index is 1260. The minimum Gasteiger partial charge on any atom is -0.493 e. The summed E-state index contributed by atoms with van der Waals surface area (Å²) in [5.41, 5.74) is 0.278. The van der Waals surface area contributed by atoms with Gasteiger partial charge in [-0.2, -0.15) is 0 Å². The highest BCUT2D eigenvalue weighted by atomic mass is 35.5. The molecule has 0 saturated carbocycles. The van der Waals surface area contributed by atoms with Crippen LogP contribution in [0.15, 0.2) is 30.6 Å². The molecule has 5 rings (SSSR count). The molecule has 3 heterocycles. The summed E-state index contributed by atoms with van der Waals surface area (Å²) in [5.74, 6) is -4.57. The molecule has 0 bridgehead atoms. The molecule has 2 aromatic carbocycles. The van der Waals surface area contributed by atoms with Crippen molar-refractivity contribution >= 4 is 34.0 Å². The zero-order valence-corrected chi connectivity index (χ0v) is 19.3. The Kier molecular flexibility index (Phi) is 6.32. The van der Waals surface area contributed by atoms with Crippen LogP contribution in [0.25, 0.3) is 10.9 Å². The number of rotatable bonds is 6. The lowest BCUT2D eigenvalue weighted by Crippen LogP contribution is -2.60. The molecule has 7 nitrogen and oxygen atoms in total. The largest absolute Gasteiger partial charge is 0.493 e. The molecule has 1 N–H and O–H groups in total. The van der Waals surface area contributed by atoms with Gasteiger partial charge in [-0.3, -0.25) is 4.90 Å². The zero-order chi connectivity index (χ0) is 24.7. The molecule has 2 aliphatic heterocycles. The maximum absolute atomic E-state index is 15.0. The number of halogens is 5. The summed E-state index contributed by atoms with van der Waals surface area (Å²) in [6, 6.07) is 5.17. The summed E-state index contributed by atoms with van der Waals surface area (Å²) >= 11 is 5.67. The number of benzene rings is 2. The van der Waals surface area contributed by atoms with Crippen LogP contribution in [0, 0.1) is 11.6 Å². The van der Waals surface area contributed by atoms with Crippen LogP contribution in [0.4, 0.5) is 29.1 Å². The molecule has 12 heteroatoms. The molecule has 2 saturated heterocycles. The van der Waals surface area contributed by atoms with Gasteiger partial charge in [-0.25, -0.2) is 27.5 Å². The number of aromatic nitrogens is 2. The molecule has 0 radical (unpaired) electrons. The third-order valence-corrected chi connectivity index (χ3v) is 6.53. The molecule has 2 fully saturated rings. The lowest BCUT2D eigenvalue weighted by Gasteiger charge is -2.44. The third-order valence-electron chi connectivity index (χ3n) is 6.18. The molecule has 1 aromatic heterocycles. The highest BCUT2D eigenvalue weighted by Crippen LogP contribution is 2.39. The lowest BCUT2D eigenvalue weighted by molar-refractivity contribution is -0.170. The molecule has 186 valence electrons. The van der Waals surface area contributed by atoms with Crippen molar-refractivity contribution < 1.29 is 31.8 Å². The van der Waals surface area contributed by atoms with Gasteiger partial charge in [0.2, 0.25) is 0 Å². The summed E-state index contributed by atoms with van der Waals surface area (Å²) in [6.45, 7) is 0.929. The number of methoxy groups -OCH3 is 1. The number of nitrogens with one attached hydrogen (secondary N) is 1. The van der Waals surface area contributed by atoms with E-state index in [1.54, 1.807) is 4.90 Å². The number of hydrogen-bond donors (Lipinski definition) is 1. The lowest BCUT2D eigenvalue weighted by atomic mass is 10.0. The Hall–Kier alpha value is -2.89. The second-order valence-corrected chi connectivity index (χ2v) is 8.79. The van der Waals surface area contributed by atoms with Gasteiger partial charge in [0.25, 0.3) is 5.92 Å². The Morgan fingerprint density at radius 3 is 2.66 bits per heavy atom. The van der Waals surface area contributed by atoms with Crippen LogP contribution < -0.4 is 14.8 Å². The summed E-state index contributed by atoms with van der Waals surface area (Å²) in [4.78, 5) is 10.0. The Morgan fingerprint density at radius 2 is 1.97 bits per heavy atom. The fraction of sp³-hybridized carbons (Fsp3) is 0.391. The number of likely N-dealkylation sites (tertiary alicyclic amines) is 1. The highest BCUT2D eigenvalue weighted by Gasteiger charge is 2.48. The van der Waals surface area contributed by atoms with Crippen molar-refractivity contribution in [3.63, 3.8) is 0 Å². The van der Waals surface area contributed by atoms with E-state index in [0.29, 0.717) is 30.7 Å². The number of piperidine rings is 1. The van der Waals surface area contributed by atoms with Crippen LogP contribution in [0.3, 0.4) is 0 Å². The first-order chi connectivity index (χ1) is 16.8. The van der Waals surface area contributed by atoms with Crippen LogP contribution in [0.2, 0.25) is 5.02 Å². The third kappa shape index (κ3) is 4.55. The average Bonchev–Trinajstić information content (AvgIpc) is 2.79.